The maximum atomic E-state index is 10.3. The van der Waals surface area contributed by atoms with E-state index in [4.69, 9.17) is 0 Å². The van der Waals surface area contributed by atoms with Crippen LogP contribution in [0, 0.1) is 5.92 Å². The number of rotatable bonds is 8. The van der Waals surface area contributed by atoms with Crippen LogP contribution in [-0.4, -0.2) is 17.7 Å². The molecule has 0 amide bonds. The summed E-state index contributed by atoms with van der Waals surface area (Å²) >= 11 is 0. The van der Waals surface area contributed by atoms with Crippen LogP contribution in [-0.2, 0) is 0 Å². The van der Waals surface area contributed by atoms with Gasteiger partial charge in [-0.05, 0) is 31.2 Å². The Morgan fingerprint density at radius 1 is 1.00 bits per heavy atom. The highest BCUT2D eigenvalue weighted by Gasteiger charge is 2.21. The third-order valence-electron chi connectivity index (χ3n) is 3.94. The molecule has 1 aromatic rings. The summed E-state index contributed by atoms with van der Waals surface area (Å²) in [4.78, 5) is 2.50. The van der Waals surface area contributed by atoms with E-state index in [9.17, 15) is 5.11 Å². The molecule has 0 radical (unpaired) electrons. The number of hydrogen-bond donors (Lipinski definition) is 1. The quantitative estimate of drug-likeness (QED) is 0.739. The molecule has 0 aromatic heterocycles. The Hall–Kier alpha value is -1.02. The lowest BCUT2D eigenvalue weighted by Crippen LogP contribution is -2.38. The minimum atomic E-state index is -0.366. The van der Waals surface area contributed by atoms with E-state index < -0.39 is 0 Å². The number of anilines is 1. The second-order valence-electron chi connectivity index (χ2n) is 6.00. The zero-order chi connectivity index (χ0) is 15.1. The first kappa shape index (κ1) is 17.0. The van der Waals surface area contributed by atoms with Crippen LogP contribution in [0.1, 0.15) is 65.5 Å². The average molecular weight is 277 g/mol. The molecule has 114 valence electrons. The lowest BCUT2D eigenvalue weighted by Gasteiger charge is -2.36. The highest BCUT2D eigenvalue weighted by molar-refractivity contribution is 5.55. The number of aliphatic hydroxyl groups excluding tert-OH is 1. The smallest absolute Gasteiger partial charge is 0.0807 e. The van der Waals surface area contributed by atoms with E-state index >= 15 is 0 Å². The number of aliphatic hydroxyl groups is 1. The van der Waals surface area contributed by atoms with Crippen LogP contribution < -0.4 is 4.90 Å². The fourth-order valence-corrected chi connectivity index (χ4v) is 2.82. The molecule has 1 N–H and O–H groups in total. The zero-order valence-corrected chi connectivity index (χ0v) is 13.8. The fraction of sp³-hybridized carbons (Fsp3) is 0.667. The number of para-hydroxylation sites is 1. The van der Waals surface area contributed by atoms with Gasteiger partial charge in [0.1, 0.15) is 0 Å². The SMILES string of the molecule is CCC(CC)N(CC(C)C)c1ccccc1[C@@H](O)CC. The Bertz CT molecular complexity index is 385. The molecule has 0 aliphatic carbocycles. The van der Waals surface area contributed by atoms with Crippen LogP contribution in [0.15, 0.2) is 24.3 Å². The average Bonchev–Trinajstić information content (AvgIpc) is 2.46. The predicted molar refractivity (Wildman–Crippen MR) is 88.2 cm³/mol. The Morgan fingerprint density at radius 3 is 2.10 bits per heavy atom. The third-order valence-corrected chi connectivity index (χ3v) is 3.94. The summed E-state index contributed by atoms with van der Waals surface area (Å²) in [6.45, 7) is 12.1. The number of hydrogen-bond acceptors (Lipinski definition) is 2. The van der Waals surface area contributed by atoms with Gasteiger partial charge in [0.05, 0.1) is 6.10 Å². The molecule has 0 bridgehead atoms. The van der Waals surface area contributed by atoms with E-state index in [0.29, 0.717) is 12.0 Å². The molecule has 1 rings (SSSR count). The number of benzene rings is 1. The summed E-state index contributed by atoms with van der Waals surface area (Å²) in [5.41, 5.74) is 2.28. The highest BCUT2D eigenvalue weighted by Crippen LogP contribution is 2.31. The molecule has 0 spiro atoms. The standard InChI is InChI=1S/C18H31NO/c1-6-15(7-2)19(13-14(4)5)17-12-10-9-11-16(17)18(20)8-3/h9-12,14-15,18,20H,6-8,13H2,1-5H3/t18-/m0/s1. The summed E-state index contributed by atoms with van der Waals surface area (Å²) in [7, 11) is 0. The van der Waals surface area contributed by atoms with Crippen molar-refractivity contribution in [1.29, 1.82) is 0 Å². The molecule has 20 heavy (non-hydrogen) atoms. The van der Waals surface area contributed by atoms with E-state index in [1.54, 1.807) is 0 Å². The molecule has 2 nitrogen and oxygen atoms in total. The fourth-order valence-electron chi connectivity index (χ4n) is 2.82. The van der Waals surface area contributed by atoms with Gasteiger partial charge in [-0.1, -0.05) is 52.8 Å². The molecule has 0 aliphatic heterocycles. The molecule has 1 aromatic carbocycles. The van der Waals surface area contributed by atoms with Crippen molar-refractivity contribution in [2.75, 3.05) is 11.4 Å². The Morgan fingerprint density at radius 2 is 1.60 bits per heavy atom. The summed E-state index contributed by atoms with van der Waals surface area (Å²) in [6, 6.07) is 8.88. The number of nitrogens with zero attached hydrogens (tertiary/aromatic N) is 1. The molecule has 0 unspecified atom stereocenters. The molecule has 2 heteroatoms. The van der Waals surface area contributed by atoms with Gasteiger partial charge in [-0.2, -0.15) is 0 Å². The van der Waals surface area contributed by atoms with E-state index in [1.165, 1.54) is 5.69 Å². The Balaban J connectivity index is 3.18. The molecule has 0 heterocycles. The molecular formula is C18H31NO. The maximum absolute atomic E-state index is 10.3. The van der Waals surface area contributed by atoms with Crippen molar-refractivity contribution >= 4 is 5.69 Å². The van der Waals surface area contributed by atoms with Gasteiger partial charge in [0.25, 0.3) is 0 Å². The van der Waals surface area contributed by atoms with Gasteiger partial charge in [-0.3, -0.25) is 0 Å². The highest BCUT2D eigenvalue weighted by atomic mass is 16.3. The summed E-state index contributed by atoms with van der Waals surface area (Å²) < 4.78 is 0. The Labute approximate surface area is 124 Å². The van der Waals surface area contributed by atoms with Gasteiger partial charge in [0.15, 0.2) is 0 Å². The van der Waals surface area contributed by atoms with Gasteiger partial charge >= 0.3 is 0 Å². The topological polar surface area (TPSA) is 23.5 Å². The second kappa shape index (κ2) is 8.31. The normalized spacial score (nSPS) is 13.0. The van der Waals surface area contributed by atoms with Crippen LogP contribution in [0.5, 0.6) is 0 Å². The van der Waals surface area contributed by atoms with Gasteiger partial charge in [0.2, 0.25) is 0 Å². The molecule has 0 saturated heterocycles. The molecular weight excluding hydrogens is 246 g/mol. The minimum absolute atomic E-state index is 0.366. The van der Waals surface area contributed by atoms with Crippen LogP contribution in [0.2, 0.25) is 0 Å². The zero-order valence-electron chi connectivity index (χ0n) is 13.8. The van der Waals surface area contributed by atoms with Crippen LogP contribution in [0.25, 0.3) is 0 Å². The monoisotopic (exact) mass is 277 g/mol. The first-order valence-electron chi connectivity index (χ1n) is 8.08. The second-order valence-corrected chi connectivity index (χ2v) is 6.00. The molecule has 0 saturated carbocycles. The van der Waals surface area contributed by atoms with Crippen molar-refractivity contribution in [2.24, 2.45) is 5.92 Å². The molecule has 1 atom stereocenters. The third kappa shape index (κ3) is 4.24. The van der Waals surface area contributed by atoms with Crippen LogP contribution in [0.4, 0.5) is 5.69 Å². The first-order valence-corrected chi connectivity index (χ1v) is 8.08. The lowest BCUT2D eigenvalue weighted by atomic mass is 10.00. The molecule has 0 aliphatic rings. The van der Waals surface area contributed by atoms with Crippen molar-refractivity contribution in [3.63, 3.8) is 0 Å². The van der Waals surface area contributed by atoms with Gasteiger partial charge in [0, 0.05) is 23.8 Å². The maximum Gasteiger partial charge on any atom is 0.0807 e. The van der Waals surface area contributed by atoms with Crippen molar-refractivity contribution in [3.05, 3.63) is 29.8 Å². The summed E-state index contributed by atoms with van der Waals surface area (Å²) in [6.07, 6.45) is 2.67. The van der Waals surface area contributed by atoms with Gasteiger partial charge in [-0.15, -0.1) is 0 Å². The van der Waals surface area contributed by atoms with Crippen molar-refractivity contribution in [2.45, 2.75) is 66.0 Å². The summed E-state index contributed by atoms with van der Waals surface area (Å²) in [5, 5.41) is 10.3. The van der Waals surface area contributed by atoms with E-state index in [2.05, 4.69) is 50.8 Å². The first-order chi connectivity index (χ1) is 9.54. The van der Waals surface area contributed by atoms with Crippen molar-refractivity contribution in [3.8, 4) is 0 Å². The van der Waals surface area contributed by atoms with Crippen LogP contribution >= 0.6 is 0 Å². The van der Waals surface area contributed by atoms with Gasteiger partial charge in [-0.25, -0.2) is 0 Å². The lowest BCUT2D eigenvalue weighted by molar-refractivity contribution is 0.174. The van der Waals surface area contributed by atoms with Gasteiger partial charge < -0.3 is 10.0 Å². The van der Waals surface area contributed by atoms with E-state index in [1.807, 2.05) is 13.0 Å². The summed E-state index contributed by atoms with van der Waals surface area (Å²) in [5.74, 6) is 0.613. The van der Waals surface area contributed by atoms with Crippen LogP contribution in [0.3, 0.4) is 0 Å². The van der Waals surface area contributed by atoms with E-state index in [0.717, 1.165) is 31.4 Å². The Kier molecular flexibility index (Phi) is 7.08. The minimum Gasteiger partial charge on any atom is -0.388 e. The van der Waals surface area contributed by atoms with Crippen molar-refractivity contribution in [1.82, 2.24) is 0 Å². The van der Waals surface area contributed by atoms with E-state index in [-0.39, 0.29) is 6.10 Å². The largest absolute Gasteiger partial charge is 0.388 e. The predicted octanol–water partition coefficient (Wildman–Crippen LogP) is 4.78. The van der Waals surface area contributed by atoms with Crippen molar-refractivity contribution < 1.29 is 5.11 Å². The molecule has 0 fully saturated rings.